The van der Waals surface area contributed by atoms with Crippen molar-refractivity contribution < 1.29 is 9.90 Å². The van der Waals surface area contributed by atoms with Crippen LogP contribution >= 0.6 is 11.3 Å². The average molecular weight is 320 g/mol. The standard InChI is InChI=1S/C15H20N4O2S/c1-2-12(8-9-20)17-15(21)16-10-13-18-19-14(22-13)11-6-4-3-5-7-11/h3-7,12,20H,2,8-10H2,1H3,(H2,16,17,21). The number of nitrogens with one attached hydrogen (secondary N) is 2. The van der Waals surface area contributed by atoms with Crippen LogP contribution < -0.4 is 10.6 Å². The number of urea groups is 1. The van der Waals surface area contributed by atoms with E-state index in [1.807, 2.05) is 37.3 Å². The van der Waals surface area contributed by atoms with Gasteiger partial charge in [-0.1, -0.05) is 48.6 Å². The number of hydrogen-bond acceptors (Lipinski definition) is 5. The predicted molar refractivity (Wildman–Crippen MR) is 86.5 cm³/mol. The van der Waals surface area contributed by atoms with Crippen LogP contribution in [0, 0.1) is 0 Å². The summed E-state index contributed by atoms with van der Waals surface area (Å²) in [7, 11) is 0. The number of amides is 2. The van der Waals surface area contributed by atoms with Gasteiger partial charge >= 0.3 is 6.03 Å². The van der Waals surface area contributed by atoms with Gasteiger partial charge in [0.15, 0.2) is 0 Å². The van der Waals surface area contributed by atoms with Gasteiger partial charge in [-0.15, -0.1) is 10.2 Å². The fourth-order valence-electron chi connectivity index (χ4n) is 1.95. The Kier molecular flexibility index (Phi) is 6.29. The second-order valence-electron chi connectivity index (χ2n) is 4.81. The number of carbonyl (C=O) groups excluding carboxylic acids is 1. The molecule has 22 heavy (non-hydrogen) atoms. The highest BCUT2D eigenvalue weighted by molar-refractivity contribution is 7.14. The van der Waals surface area contributed by atoms with E-state index in [-0.39, 0.29) is 18.7 Å². The number of rotatable bonds is 7. The largest absolute Gasteiger partial charge is 0.396 e. The normalized spacial score (nSPS) is 11.9. The van der Waals surface area contributed by atoms with E-state index in [2.05, 4.69) is 20.8 Å². The molecule has 0 saturated carbocycles. The maximum absolute atomic E-state index is 11.8. The van der Waals surface area contributed by atoms with Crippen LogP contribution in [0.25, 0.3) is 10.6 Å². The van der Waals surface area contributed by atoms with Gasteiger partial charge in [0.05, 0.1) is 6.54 Å². The summed E-state index contributed by atoms with van der Waals surface area (Å²) in [6.07, 6.45) is 1.34. The van der Waals surface area contributed by atoms with Gasteiger partial charge in [0, 0.05) is 18.2 Å². The number of aliphatic hydroxyl groups is 1. The Morgan fingerprint density at radius 2 is 2.09 bits per heavy atom. The van der Waals surface area contributed by atoms with E-state index in [0.29, 0.717) is 13.0 Å². The van der Waals surface area contributed by atoms with E-state index < -0.39 is 0 Å². The minimum Gasteiger partial charge on any atom is -0.396 e. The molecule has 6 nitrogen and oxygen atoms in total. The summed E-state index contributed by atoms with van der Waals surface area (Å²) in [6, 6.07) is 9.54. The highest BCUT2D eigenvalue weighted by Crippen LogP contribution is 2.22. The number of aromatic nitrogens is 2. The molecule has 1 aromatic carbocycles. The third-order valence-electron chi connectivity index (χ3n) is 3.19. The molecular formula is C15H20N4O2S. The van der Waals surface area contributed by atoms with Crippen LogP contribution in [-0.2, 0) is 6.54 Å². The fraction of sp³-hybridized carbons (Fsp3) is 0.400. The van der Waals surface area contributed by atoms with Gasteiger partial charge in [-0.25, -0.2) is 4.79 Å². The summed E-state index contributed by atoms with van der Waals surface area (Å²) < 4.78 is 0. The minimum absolute atomic E-state index is 0.0145. The van der Waals surface area contributed by atoms with Gasteiger partial charge < -0.3 is 15.7 Å². The molecule has 0 aliphatic carbocycles. The Morgan fingerprint density at radius 1 is 1.32 bits per heavy atom. The summed E-state index contributed by atoms with van der Waals surface area (Å²) in [5.41, 5.74) is 1.02. The van der Waals surface area contributed by atoms with Gasteiger partial charge in [0.1, 0.15) is 10.0 Å². The number of aliphatic hydroxyl groups excluding tert-OH is 1. The van der Waals surface area contributed by atoms with Crippen molar-refractivity contribution in [2.75, 3.05) is 6.61 Å². The summed E-state index contributed by atoms with van der Waals surface area (Å²) >= 11 is 1.46. The van der Waals surface area contributed by atoms with Crippen LogP contribution in [0.1, 0.15) is 24.8 Å². The number of carbonyl (C=O) groups is 1. The molecule has 1 heterocycles. The molecule has 118 valence electrons. The van der Waals surface area contributed by atoms with Gasteiger partial charge in [-0.05, 0) is 12.8 Å². The Balaban J connectivity index is 1.85. The van der Waals surface area contributed by atoms with Crippen molar-refractivity contribution in [2.24, 2.45) is 0 Å². The molecule has 1 atom stereocenters. The Labute approximate surface area is 133 Å². The maximum Gasteiger partial charge on any atom is 0.315 e. The molecule has 0 bridgehead atoms. The third-order valence-corrected chi connectivity index (χ3v) is 4.17. The monoisotopic (exact) mass is 320 g/mol. The molecular weight excluding hydrogens is 300 g/mol. The van der Waals surface area contributed by atoms with Crippen molar-refractivity contribution >= 4 is 17.4 Å². The quantitative estimate of drug-likeness (QED) is 0.729. The van der Waals surface area contributed by atoms with Crippen LogP contribution in [-0.4, -0.2) is 34.0 Å². The first-order chi connectivity index (χ1) is 10.7. The van der Waals surface area contributed by atoms with Crippen LogP contribution in [0.2, 0.25) is 0 Å². The van der Waals surface area contributed by atoms with Crippen molar-refractivity contribution in [2.45, 2.75) is 32.4 Å². The van der Waals surface area contributed by atoms with Crippen molar-refractivity contribution in [1.82, 2.24) is 20.8 Å². The zero-order chi connectivity index (χ0) is 15.8. The second-order valence-corrected chi connectivity index (χ2v) is 5.87. The van der Waals surface area contributed by atoms with Crippen LogP contribution in [0.3, 0.4) is 0 Å². The topological polar surface area (TPSA) is 87.1 Å². The van der Waals surface area contributed by atoms with Crippen LogP contribution in [0.4, 0.5) is 4.79 Å². The van der Waals surface area contributed by atoms with Gasteiger partial charge in [0.25, 0.3) is 0 Å². The molecule has 2 rings (SSSR count). The molecule has 0 radical (unpaired) electrons. The van der Waals surface area contributed by atoms with Crippen molar-refractivity contribution in [1.29, 1.82) is 0 Å². The zero-order valence-electron chi connectivity index (χ0n) is 12.5. The summed E-state index contributed by atoms with van der Waals surface area (Å²) in [5, 5.41) is 24.3. The van der Waals surface area contributed by atoms with E-state index in [4.69, 9.17) is 5.11 Å². The minimum atomic E-state index is -0.253. The first-order valence-electron chi connectivity index (χ1n) is 7.26. The van der Waals surface area contributed by atoms with E-state index in [0.717, 1.165) is 22.0 Å². The van der Waals surface area contributed by atoms with Crippen LogP contribution in [0.5, 0.6) is 0 Å². The van der Waals surface area contributed by atoms with Gasteiger partial charge in [-0.3, -0.25) is 0 Å². The molecule has 0 spiro atoms. The lowest BCUT2D eigenvalue weighted by Crippen LogP contribution is -2.41. The number of nitrogens with zero attached hydrogens (tertiary/aromatic N) is 2. The molecule has 2 amide bonds. The lowest BCUT2D eigenvalue weighted by atomic mass is 10.2. The van der Waals surface area contributed by atoms with Crippen LogP contribution in [0.15, 0.2) is 30.3 Å². The summed E-state index contributed by atoms with van der Waals surface area (Å²) in [4.78, 5) is 11.8. The highest BCUT2D eigenvalue weighted by atomic mass is 32.1. The maximum atomic E-state index is 11.8. The first-order valence-corrected chi connectivity index (χ1v) is 8.07. The van der Waals surface area contributed by atoms with Gasteiger partial charge in [-0.2, -0.15) is 0 Å². The van der Waals surface area contributed by atoms with E-state index in [1.54, 1.807) is 0 Å². The fourth-order valence-corrected chi connectivity index (χ4v) is 2.73. The summed E-state index contributed by atoms with van der Waals surface area (Å²) in [6.45, 7) is 2.37. The Morgan fingerprint density at radius 3 is 2.77 bits per heavy atom. The molecule has 0 aliphatic rings. The zero-order valence-corrected chi connectivity index (χ0v) is 13.3. The Hall–Kier alpha value is -1.99. The van der Waals surface area contributed by atoms with Crippen molar-refractivity contribution in [3.8, 4) is 10.6 Å². The predicted octanol–water partition coefficient (Wildman–Crippen LogP) is 2.17. The number of hydrogen-bond donors (Lipinski definition) is 3. The van der Waals surface area contributed by atoms with E-state index in [1.165, 1.54) is 11.3 Å². The second kappa shape index (κ2) is 8.45. The SMILES string of the molecule is CCC(CCO)NC(=O)NCc1nnc(-c2ccccc2)s1. The lowest BCUT2D eigenvalue weighted by Gasteiger charge is -2.15. The molecule has 0 fully saturated rings. The molecule has 7 heteroatoms. The third kappa shape index (κ3) is 4.78. The molecule has 3 N–H and O–H groups in total. The molecule has 2 aromatic rings. The van der Waals surface area contributed by atoms with Gasteiger partial charge in [0.2, 0.25) is 0 Å². The van der Waals surface area contributed by atoms with E-state index in [9.17, 15) is 4.79 Å². The number of benzene rings is 1. The molecule has 1 unspecified atom stereocenters. The van der Waals surface area contributed by atoms with E-state index >= 15 is 0 Å². The summed E-state index contributed by atoms with van der Waals surface area (Å²) in [5.74, 6) is 0. The molecule has 1 aromatic heterocycles. The lowest BCUT2D eigenvalue weighted by molar-refractivity contribution is 0.227. The Bertz CT molecular complexity index is 588. The molecule has 0 aliphatic heterocycles. The average Bonchev–Trinajstić information content (AvgIpc) is 3.02. The van der Waals surface area contributed by atoms with Crippen molar-refractivity contribution in [3.63, 3.8) is 0 Å². The highest BCUT2D eigenvalue weighted by Gasteiger charge is 2.11. The smallest absolute Gasteiger partial charge is 0.315 e. The first kappa shape index (κ1) is 16.4. The van der Waals surface area contributed by atoms with Crippen molar-refractivity contribution in [3.05, 3.63) is 35.3 Å². The molecule has 0 saturated heterocycles.